The van der Waals surface area contributed by atoms with Gasteiger partial charge in [0, 0.05) is 24.5 Å². The van der Waals surface area contributed by atoms with Gasteiger partial charge in [-0.15, -0.1) is 0 Å². The maximum absolute atomic E-state index is 12.4. The van der Waals surface area contributed by atoms with Gasteiger partial charge in [-0.05, 0) is 12.5 Å². The number of hydrogen-bond acceptors (Lipinski definition) is 7. The molecule has 3 atom stereocenters. The number of ketones is 1. The zero-order valence-electron chi connectivity index (χ0n) is 14.4. The van der Waals surface area contributed by atoms with Crippen LogP contribution in [0.5, 0.6) is 0 Å². The van der Waals surface area contributed by atoms with Crippen molar-refractivity contribution in [3.63, 3.8) is 0 Å². The summed E-state index contributed by atoms with van der Waals surface area (Å²) in [5, 5.41) is 20.4. The van der Waals surface area contributed by atoms with Crippen molar-refractivity contribution in [2.75, 3.05) is 6.61 Å². The van der Waals surface area contributed by atoms with E-state index in [4.69, 9.17) is 10.5 Å². The Morgan fingerprint density at radius 3 is 2.46 bits per heavy atom. The Labute approximate surface area is 149 Å². The van der Waals surface area contributed by atoms with E-state index in [2.05, 4.69) is 0 Å². The van der Waals surface area contributed by atoms with E-state index in [1.807, 2.05) is 0 Å². The Morgan fingerprint density at radius 2 is 2.00 bits per heavy atom. The lowest BCUT2D eigenvalue weighted by Gasteiger charge is -2.27. The fourth-order valence-corrected chi connectivity index (χ4v) is 2.67. The van der Waals surface area contributed by atoms with Crippen molar-refractivity contribution in [2.45, 2.75) is 26.2 Å². The summed E-state index contributed by atoms with van der Waals surface area (Å²) in [6, 6.07) is 6.78. The molecule has 0 aliphatic rings. The maximum Gasteiger partial charge on any atom is 0.317 e. The molecule has 0 saturated heterocycles. The quantitative estimate of drug-likeness (QED) is 0.302. The molecule has 9 nitrogen and oxygen atoms in total. The van der Waals surface area contributed by atoms with E-state index in [1.54, 1.807) is 13.0 Å². The molecule has 3 unspecified atom stereocenters. The SMILES string of the molecule is CCOC(=O)C(C(=O)CC)C(c1cccc([N+](=O)[O-])c1)C(C#N)C(N)=O. The summed E-state index contributed by atoms with van der Waals surface area (Å²) >= 11 is 0. The van der Waals surface area contributed by atoms with Crippen LogP contribution in [0.1, 0.15) is 31.7 Å². The van der Waals surface area contributed by atoms with Gasteiger partial charge in [0.2, 0.25) is 5.91 Å². The van der Waals surface area contributed by atoms with Gasteiger partial charge in [-0.25, -0.2) is 0 Å². The fourth-order valence-electron chi connectivity index (χ4n) is 2.67. The summed E-state index contributed by atoms with van der Waals surface area (Å²) in [5.74, 6) is -6.80. The van der Waals surface area contributed by atoms with Crippen LogP contribution >= 0.6 is 0 Å². The van der Waals surface area contributed by atoms with Crippen molar-refractivity contribution < 1.29 is 24.0 Å². The zero-order valence-corrected chi connectivity index (χ0v) is 14.4. The number of nitriles is 1. The van der Waals surface area contributed by atoms with Crippen molar-refractivity contribution in [1.29, 1.82) is 5.26 Å². The number of nitrogens with two attached hydrogens (primary N) is 1. The molecular weight excluding hydrogens is 342 g/mol. The lowest BCUT2D eigenvalue weighted by atomic mass is 9.74. The highest BCUT2D eigenvalue weighted by Gasteiger charge is 2.43. The Balaban J connectivity index is 3.62. The molecule has 1 amide bonds. The summed E-state index contributed by atoms with van der Waals surface area (Å²) in [6.45, 7) is 3.05. The Hall–Kier alpha value is -3.28. The maximum atomic E-state index is 12.4. The first-order chi connectivity index (χ1) is 12.3. The third-order valence-electron chi connectivity index (χ3n) is 3.87. The molecule has 9 heteroatoms. The van der Waals surface area contributed by atoms with Crippen molar-refractivity contribution in [3.8, 4) is 6.07 Å². The minimum Gasteiger partial charge on any atom is -0.465 e. The second-order valence-electron chi connectivity index (χ2n) is 5.44. The van der Waals surface area contributed by atoms with Crippen LogP contribution in [0.25, 0.3) is 0 Å². The summed E-state index contributed by atoms with van der Waals surface area (Å²) < 4.78 is 4.93. The van der Waals surface area contributed by atoms with Crippen molar-refractivity contribution in [3.05, 3.63) is 39.9 Å². The van der Waals surface area contributed by atoms with E-state index in [0.717, 1.165) is 6.07 Å². The van der Waals surface area contributed by atoms with Gasteiger partial charge in [-0.3, -0.25) is 24.5 Å². The van der Waals surface area contributed by atoms with Crippen molar-refractivity contribution >= 4 is 23.3 Å². The van der Waals surface area contributed by atoms with Crippen LogP contribution in [-0.2, 0) is 19.1 Å². The highest BCUT2D eigenvalue weighted by Crippen LogP contribution is 2.36. The number of rotatable bonds is 9. The number of amides is 1. The number of benzene rings is 1. The first-order valence-electron chi connectivity index (χ1n) is 7.91. The first-order valence-corrected chi connectivity index (χ1v) is 7.91. The first kappa shape index (κ1) is 20.8. The molecule has 26 heavy (non-hydrogen) atoms. The Morgan fingerprint density at radius 1 is 1.35 bits per heavy atom. The molecule has 0 spiro atoms. The van der Waals surface area contributed by atoms with E-state index in [1.165, 1.54) is 25.1 Å². The van der Waals surface area contributed by atoms with Gasteiger partial charge in [0.25, 0.3) is 5.69 Å². The van der Waals surface area contributed by atoms with Gasteiger partial charge in [0.05, 0.1) is 17.6 Å². The predicted molar refractivity (Wildman–Crippen MR) is 89.6 cm³/mol. The van der Waals surface area contributed by atoms with Gasteiger partial charge < -0.3 is 10.5 Å². The molecule has 1 aromatic carbocycles. The van der Waals surface area contributed by atoms with E-state index in [9.17, 15) is 29.8 Å². The molecule has 0 aromatic heterocycles. The van der Waals surface area contributed by atoms with Crippen LogP contribution in [0.2, 0.25) is 0 Å². The van der Waals surface area contributed by atoms with E-state index < -0.39 is 40.3 Å². The minimum absolute atomic E-state index is 0.0121. The van der Waals surface area contributed by atoms with Gasteiger partial charge >= 0.3 is 5.97 Å². The van der Waals surface area contributed by atoms with Crippen molar-refractivity contribution in [1.82, 2.24) is 0 Å². The third-order valence-corrected chi connectivity index (χ3v) is 3.87. The smallest absolute Gasteiger partial charge is 0.317 e. The van der Waals surface area contributed by atoms with Gasteiger partial charge in [0.15, 0.2) is 0 Å². The number of nitro benzene ring substituents is 1. The zero-order chi connectivity index (χ0) is 19.9. The summed E-state index contributed by atoms with van der Waals surface area (Å²) in [6.07, 6.45) is -0.0498. The number of nitro groups is 1. The molecule has 2 N–H and O–H groups in total. The van der Waals surface area contributed by atoms with Gasteiger partial charge in [-0.1, -0.05) is 19.1 Å². The average Bonchev–Trinajstić information content (AvgIpc) is 2.61. The predicted octanol–water partition coefficient (Wildman–Crippen LogP) is 1.46. The monoisotopic (exact) mass is 361 g/mol. The second-order valence-corrected chi connectivity index (χ2v) is 5.44. The molecule has 0 bridgehead atoms. The topological polar surface area (TPSA) is 153 Å². The third kappa shape index (κ3) is 4.63. The number of nitrogens with zero attached hydrogens (tertiary/aromatic N) is 2. The normalized spacial score (nSPS) is 13.7. The Kier molecular flexibility index (Phi) is 7.40. The molecule has 0 heterocycles. The largest absolute Gasteiger partial charge is 0.465 e. The van der Waals surface area contributed by atoms with Crippen LogP contribution in [0.15, 0.2) is 24.3 Å². The fraction of sp³-hybridized carbons (Fsp3) is 0.412. The highest BCUT2D eigenvalue weighted by atomic mass is 16.6. The molecule has 0 aliphatic heterocycles. The summed E-state index contributed by atoms with van der Waals surface area (Å²) in [5.41, 5.74) is 5.09. The molecule has 0 aliphatic carbocycles. The summed E-state index contributed by atoms with van der Waals surface area (Å²) in [4.78, 5) is 46.9. The van der Waals surface area contributed by atoms with Crippen LogP contribution < -0.4 is 5.73 Å². The lowest BCUT2D eigenvalue weighted by molar-refractivity contribution is -0.384. The van der Waals surface area contributed by atoms with E-state index in [0.29, 0.717) is 0 Å². The van der Waals surface area contributed by atoms with E-state index in [-0.39, 0.29) is 24.3 Å². The standard InChI is InChI=1S/C17H19N3O6/c1-3-13(21)15(17(23)26-4-2)14(12(9-18)16(19)22)10-6-5-7-11(8-10)20(24)25/h5-8,12,14-15H,3-4H2,1-2H3,(H2,19,22). The van der Waals surface area contributed by atoms with Crippen LogP contribution in [0.4, 0.5) is 5.69 Å². The minimum atomic E-state index is -1.54. The summed E-state index contributed by atoms with van der Waals surface area (Å²) in [7, 11) is 0. The number of hydrogen-bond donors (Lipinski definition) is 1. The van der Waals surface area contributed by atoms with E-state index >= 15 is 0 Å². The second kappa shape index (κ2) is 9.27. The molecule has 138 valence electrons. The average molecular weight is 361 g/mol. The lowest BCUT2D eigenvalue weighted by Crippen LogP contribution is -2.39. The van der Waals surface area contributed by atoms with Gasteiger partial charge in [0.1, 0.15) is 17.6 Å². The molecular formula is C17H19N3O6. The number of non-ortho nitro benzene ring substituents is 1. The molecule has 0 fully saturated rings. The highest BCUT2D eigenvalue weighted by molar-refractivity contribution is 6.01. The number of esters is 1. The molecule has 0 saturated carbocycles. The molecule has 1 aromatic rings. The number of primary amides is 1. The number of carbonyl (C=O) groups excluding carboxylic acids is 3. The number of ether oxygens (including phenoxy) is 1. The molecule has 0 radical (unpaired) electrons. The molecule has 1 rings (SSSR count). The number of carbonyl (C=O) groups is 3. The van der Waals surface area contributed by atoms with Gasteiger partial charge in [-0.2, -0.15) is 5.26 Å². The van der Waals surface area contributed by atoms with Crippen LogP contribution in [-0.4, -0.2) is 29.2 Å². The van der Waals surface area contributed by atoms with Crippen molar-refractivity contribution in [2.24, 2.45) is 17.6 Å². The van der Waals surface area contributed by atoms with Crippen LogP contribution in [0.3, 0.4) is 0 Å². The number of Topliss-reactive ketones (excluding diaryl/α,β-unsaturated/α-hetero) is 1. The Bertz CT molecular complexity index is 755. The van der Waals surface area contributed by atoms with Crippen LogP contribution in [0, 0.1) is 33.3 Å².